The molecule has 0 radical (unpaired) electrons. The highest BCUT2D eigenvalue weighted by Gasteiger charge is 2.36. The highest BCUT2D eigenvalue weighted by Crippen LogP contribution is 2.40. The van der Waals surface area contributed by atoms with E-state index in [1.165, 1.54) is 0 Å². The molecule has 0 spiro atoms. The third-order valence-electron chi connectivity index (χ3n) is 8.55. The SMILES string of the molecule is C=CC(O)N1CCC(N2CCN3c4ccc(Nc5ncc(Cl)c(Nc6ccccc6P(C)(C)=O)n5)cc4OC[C@H]3C2)CC1. The number of fused-ring (bicyclic) bond motifs is 3. The van der Waals surface area contributed by atoms with Crippen LogP contribution in [0.2, 0.25) is 5.02 Å². The van der Waals surface area contributed by atoms with Crippen LogP contribution in [-0.2, 0) is 4.57 Å². The van der Waals surface area contributed by atoms with Gasteiger partial charge in [0, 0.05) is 55.8 Å². The first-order valence-electron chi connectivity index (χ1n) is 14.7. The van der Waals surface area contributed by atoms with Gasteiger partial charge in [-0.15, -0.1) is 0 Å². The first-order valence-corrected chi connectivity index (χ1v) is 17.7. The fraction of sp³-hybridized carbons (Fsp3) is 0.419. The number of aliphatic hydroxyl groups excluding tert-OH is 1. The van der Waals surface area contributed by atoms with E-state index in [4.69, 9.17) is 16.3 Å². The lowest BCUT2D eigenvalue weighted by molar-refractivity contribution is 0.00103. The standard InChI is InChI=1S/C31H39ClN7O3P/c1-4-29(40)37-13-11-22(12-14-37)38-15-16-39-23(19-38)20-42-27-17-21(9-10-26(27)39)34-31-33-18-24(32)30(36-31)35-25-7-5-6-8-28(25)43(2,3)41/h4-10,17-18,22-23,29,40H,1,11-16,19-20H2,2-3H3,(H2,33,34,35,36)/t23-,29?/m1/s1. The van der Waals surface area contributed by atoms with Crippen LogP contribution in [0, 0.1) is 0 Å². The Labute approximate surface area is 258 Å². The summed E-state index contributed by atoms with van der Waals surface area (Å²) in [5.74, 6) is 1.65. The Hall–Kier alpha value is -3.14. The molecule has 3 aromatic rings. The number of para-hydroxylation sites is 1. The average molecular weight is 624 g/mol. The highest BCUT2D eigenvalue weighted by molar-refractivity contribution is 7.70. The molecule has 0 saturated carbocycles. The summed E-state index contributed by atoms with van der Waals surface area (Å²) in [4.78, 5) is 16.1. The minimum atomic E-state index is -2.51. The van der Waals surface area contributed by atoms with Crippen LogP contribution in [0.1, 0.15) is 12.8 Å². The van der Waals surface area contributed by atoms with Crippen molar-refractivity contribution in [2.24, 2.45) is 0 Å². The number of hydrogen-bond donors (Lipinski definition) is 3. The van der Waals surface area contributed by atoms with Gasteiger partial charge >= 0.3 is 0 Å². The van der Waals surface area contributed by atoms with Gasteiger partial charge in [-0.1, -0.05) is 30.3 Å². The molecule has 2 fully saturated rings. The summed E-state index contributed by atoms with van der Waals surface area (Å²) in [7, 11) is -2.51. The minimum Gasteiger partial charge on any atom is -0.489 e. The zero-order chi connectivity index (χ0) is 30.1. The van der Waals surface area contributed by atoms with Crippen molar-refractivity contribution in [1.29, 1.82) is 0 Å². The second-order valence-electron chi connectivity index (χ2n) is 11.8. The van der Waals surface area contributed by atoms with Gasteiger partial charge in [0.25, 0.3) is 0 Å². The van der Waals surface area contributed by atoms with Crippen molar-refractivity contribution in [1.82, 2.24) is 19.8 Å². The zero-order valence-corrected chi connectivity index (χ0v) is 26.3. The molecule has 1 aromatic heterocycles. The van der Waals surface area contributed by atoms with Crippen LogP contribution in [-0.4, -0.2) is 95.8 Å². The predicted octanol–water partition coefficient (Wildman–Crippen LogP) is 4.72. The summed E-state index contributed by atoms with van der Waals surface area (Å²) in [6.45, 7) is 12.5. The van der Waals surface area contributed by atoms with E-state index in [0.717, 1.165) is 68.0 Å². The maximum absolute atomic E-state index is 12.8. The number of benzene rings is 2. The van der Waals surface area contributed by atoms with E-state index in [0.29, 0.717) is 41.2 Å². The van der Waals surface area contributed by atoms with Crippen molar-refractivity contribution in [2.45, 2.75) is 31.2 Å². The molecule has 3 aliphatic heterocycles. The van der Waals surface area contributed by atoms with Crippen LogP contribution < -0.4 is 25.6 Å². The van der Waals surface area contributed by atoms with Crippen molar-refractivity contribution in [3.63, 3.8) is 0 Å². The Balaban J connectivity index is 1.11. The molecule has 12 heteroatoms. The van der Waals surface area contributed by atoms with Crippen LogP contribution in [0.15, 0.2) is 61.3 Å². The van der Waals surface area contributed by atoms with E-state index in [1.54, 1.807) is 25.6 Å². The van der Waals surface area contributed by atoms with E-state index in [-0.39, 0.29) is 0 Å². The normalized spacial score (nSPS) is 20.5. The Kier molecular flexibility index (Phi) is 8.67. The van der Waals surface area contributed by atoms with Crippen LogP contribution >= 0.6 is 18.7 Å². The van der Waals surface area contributed by atoms with E-state index in [2.05, 4.69) is 47.9 Å². The van der Waals surface area contributed by atoms with Crippen molar-refractivity contribution in [2.75, 3.05) is 68.2 Å². The van der Waals surface area contributed by atoms with Crippen LogP contribution in [0.3, 0.4) is 0 Å². The first kappa shape index (κ1) is 29.9. The number of piperidine rings is 1. The molecule has 4 heterocycles. The Morgan fingerprint density at radius 2 is 1.91 bits per heavy atom. The number of likely N-dealkylation sites (tertiary alicyclic amines) is 1. The van der Waals surface area contributed by atoms with E-state index < -0.39 is 13.4 Å². The maximum atomic E-state index is 12.8. The van der Waals surface area contributed by atoms with Gasteiger partial charge in [-0.2, -0.15) is 4.98 Å². The average Bonchev–Trinajstić information content (AvgIpc) is 3.01. The van der Waals surface area contributed by atoms with Gasteiger partial charge in [-0.05, 0) is 56.5 Å². The second kappa shape index (κ2) is 12.5. The molecule has 0 amide bonds. The fourth-order valence-electron chi connectivity index (χ4n) is 6.29. The minimum absolute atomic E-state index is 0.300. The van der Waals surface area contributed by atoms with Crippen molar-refractivity contribution in [3.05, 3.63) is 66.3 Å². The van der Waals surface area contributed by atoms with Gasteiger partial charge < -0.3 is 29.9 Å². The third-order valence-corrected chi connectivity index (χ3v) is 10.4. The molecule has 2 aromatic carbocycles. The summed E-state index contributed by atoms with van der Waals surface area (Å²) in [5.41, 5.74) is 2.62. The molecule has 3 N–H and O–H groups in total. The lowest BCUT2D eigenvalue weighted by Gasteiger charge is -2.49. The molecule has 3 aliphatic rings. The lowest BCUT2D eigenvalue weighted by atomic mass is 9.99. The number of aliphatic hydroxyl groups is 1. The number of hydrogen-bond acceptors (Lipinski definition) is 10. The molecule has 228 valence electrons. The molecule has 0 aliphatic carbocycles. The second-order valence-corrected chi connectivity index (χ2v) is 15.4. The molecule has 2 saturated heterocycles. The predicted molar refractivity (Wildman–Crippen MR) is 175 cm³/mol. The molecule has 1 unspecified atom stereocenters. The van der Waals surface area contributed by atoms with E-state index in [9.17, 15) is 9.67 Å². The van der Waals surface area contributed by atoms with Gasteiger partial charge in [0.05, 0.1) is 23.6 Å². The molecular weight excluding hydrogens is 585 g/mol. The Bertz CT molecular complexity index is 1530. The topological polar surface area (TPSA) is 106 Å². The third kappa shape index (κ3) is 6.54. The molecule has 10 nitrogen and oxygen atoms in total. The number of nitrogens with zero attached hydrogens (tertiary/aromatic N) is 5. The Morgan fingerprint density at radius 3 is 2.67 bits per heavy atom. The van der Waals surface area contributed by atoms with Crippen molar-refractivity contribution >= 4 is 52.9 Å². The number of piperazine rings is 1. The zero-order valence-electron chi connectivity index (χ0n) is 24.6. The van der Waals surface area contributed by atoms with Gasteiger partial charge in [0.15, 0.2) is 5.82 Å². The molecule has 6 rings (SSSR count). The van der Waals surface area contributed by atoms with E-state index >= 15 is 0 Å². The number of anilines is 5. The fourth-order valence-corrected chi connectivity index (χ4v) is 7.58. The summed E-state index contributed by atoms with van der Waals surface area (Å²) in [6.07, 6.45) is 4.71. The molecule has 2 atom stereocenters. The number of rotatable bonds is 8. The summed E-state index contributed by atoms with van der Waals surface area (Å²) in [5, 5.41) is 17.7. The molecule has 0 bridgehead atoms. The monoisotopic (exact) mass is 623 g/mol. The van der Waals surface area contributed by atoms with Gasteiger partial charge in [-0.3, -0.25) is 9.80 Å². The van der Waals surface area contributed by atoms with Gasteiger partial charge in [0.2, 0.25) is 5.95 Å². The van der Waals surface area contributed by atoms with Crippen LogP contribution in [0.5, 0.6) is 5.75 Å². The van der Waals surface area contributed by atoms with Crippen LogP contribution in [0.25, 0.3) is 0 Å². The van der Waals surface area contributed by atoms with E-state index in [1.807, 2.05) is 36.4 Å². The number of halogens is 1. The number of aromatic nitrogens is 2. The summed E-state index contributed by atoms with van der Waals surface area (Å²) in [6, 6.07) is 14.4. The lowest BCUT2D eigenvalue weighted by Crippen LogP contribution is -2.60. The smallest absolute Gasteiger partial charge is 0.229 e. The number of ether oxygens (including phenoxy) is 1. The van der Waals surface area contributed by atoms with Crippen molar-refractivity contribution in [3.8, 4) is 5.75 Å². The highest BCUT2D eigenvalue weighted by atomic mass is 35.5. The number of nitrogens with one attached hydrogen (secondary N) is 2. The first-order chi connectivity index (χ1) is 20.7. The largest absolute Gasteiger partial charge is 0.489 e. The molecule has 43 heavy (non-hydrogen) atoms. The van der Waals surface area contributed by atoms with Gasteiger partial charge in [0.1, 0.15) is 30.7 Å². The summed E-state index contributed by atoms with van der Waals surface area (Å²) >= 11 is 6.43. The molecular formula is C31H39ClN7O3P. The quantitative estimate of drug-likeness (QED) is 0.241. The van der Waals surface area contributed by atoms with Crippen molar-refractivity contribution < 1.29 is 14.4 Å². The Morgan fingerprint density at radius 1 is 1.12 bits per heavy atom. The summed E-state index contributed by atoms with van der Waals surface area (Å²) < 4.78 is 19.1. The van der Waals surface area contributed by atoms with Crippen LogP contribution in [0.4, 0.5) is 28.8 Å². The maximum Gasteiger partial charge on any atom is 0.229 e. The van der Waals surface area contributed by atoms with Gasteiger partial charge in [-0.25, -0.2) is 4.98 Å².